The summed E-state index contributed by atoms with van der Waals surface area (Å²) in [6.45, 7) is 0. The van der Waals surface area contributed by atoms with Gasteiger partial charge < -0.3 is 4.74 Å². The molecular weight excluding hydrogens is 307 g/mol. The van der Waals surface area contributed by atoms with Gasteiger partial charge in [0.05, 0.1) is 13.0 Å². The first-order valence-electron chi connectivity index (χ1n) is 6.63. The molecule has 0 heterocycles. The van der Waals surface area contributed by atoms with Gasteiger partial charge in [-0.2, -0.15) is 0 Å². The van der Waals surface area contributed by atoms with E-state index in [9.17, 15) is 14.0 Å². The third-order valence-corrected chi connectivity index (χ3v) is 3.54. The molecule has 3 nitrogen and oxygen atoms in total. The van der Waals surface area contributed by atoms with E-state index in [0.717, 1.165) is 0 Å². The second-order valence-electron chi connectivity index (χ2n) is 4.76. The van der Waals surface area contributed by atoms with Crippen molar-refractivity contribution < 1.29 is 18.7 Å². The first kappa shape index (κ1) is 16.2. The van der Waals surface area contributed by atoms with Gasteiger partial charge in [-0.1, -0.05) is 23.7 Å². The van der Waals surface area contributed by atoms with E-state index in [1.54, 1.807) is 30.3 Å². The number of halogens is 2. The van der Waals surface area contributed by atoms with Crippen LogP contribution in [0.15, 0.2) is 48.5 Å². The summed E-state index contributed by atoms with van der Waals surface area (Å²) in [5, 5.41) is 0.520. The number of Topliss-reactive ketones (excluding diaryl/α,β-unsaturated/α-hetero) is 1. The molecular formula is C17H14ClFO3. The topological polar surface area (TPSA) is 43.4 Å². The van der Waals surface area contributed by atoms with Gasteiger partial charge in [0.15, 0.2) is 5.78 Å². The van der Waals surface area contributed by atoms with Crippen LogP contribution in [-0.2, 0) is 9.53 Å². The van der Waals surface area contributed by atoms with Gasteiger partial charge in [0.1, 0.15) is 5.82 Å². The minimum atomic E-state index is -0.844. The van der Waals surface area contributed by atoms with Crippen LogP contribution in [0.25, 0.3) is 0 Å². The molecule has 114 valence electrons. The SMILES string of the molecule is COC(=O)[C@H](CC(=O)c1ccc(Cl)cc1)c1cccc(F)c1. The summed E-state index contributed by atoms with van der Waals surface area (Å²) in [4.78, 5) is 24.2. The van der Waals surface area contributed by atoms with Crippen LogP contribution in [0.4, 0.5) is 4.39 Å². The van der Waals surface area contributed by atoms with E-state index in [4.69, 9.17) is 16.3 Å². The molecule has 2 aromatic carbocycles. The first-order chi connectivity index (χ1) is 10.5. The van der Waals surface area contributed by atoms with E-state index < -0.39 is 17.7 Å². The van der Waals surface area contributed by atoms with Gasteiger partial charge in [-0.15, -0.1) is 0 Å². The molecule has 5 heteroatoms. The average molecular weight is 321 g/mol. The van der Waals surface area contributed by atoms with Crippen molar-refractivity contribution in [3.8, 4) is 0 Å². The fourth-order valence-corrected chi connectivity index (χ4v) is 2.27. The van der Waals surface area contributed by atoms with E-state index in [2.05, 4.69) is 0 Å². The Kier molecular flexibility index (Phi) is 5.28. The summed E-state index contributed by atoms with van der Waals surface area (Å²) in [7, 11) is 1.24. The molecule has 2 rings (SSSR count). The molecule has 0 saturated heterocycles. The second-order valence-corrected chi connectivity index (χ2v) is 5.20. The van der Waals surface area contributed by atoms with Gasteiger partial charge in [-0.25, -0.2) is 4.39 Å². The Hall–Kier alpha value is -2.20. The molecule has 0 aliphatic heterocycles. The van der Waals surface area contributed by atoms with Gasteiger partial charge in [-0.3, -0.25) is 9.59 Å². The van der Waals surface area contributed by atoms with Gasteiger partial charge in [0.2, 0.25) is 0 Å². The van der Waals surface area contributed by atoms with Crippen molar-refractivity contribution >= 4 is 23.4 Å². The predicted octanol–water partition coefficient (Wildman–Crippen LogP) is 4.01. The smallest absolute Gasteiger partial charge is 0.313 e. The van der Waals surface area contributed by atoms with Crippen LogP contribution in [0, 0.1) is 5.82 Å². The number of hydrogen-bond donors (Lipinski definition) is 0. The van der Waals surface area contributed by atoms with Crippen LogP contribution in [0.2, 0.25) is 5.02 Å². The van der Waals surface area contributed by atoms with Crippen molar-refractivity contribution in [2.75, 3.05) is 7.11 Å². The Labute approximate surface area is 132 Å². The number of carbonyl (C=O) groups is 2. The molecule has 0 unspecified atom stereocenters. The summed E-state index contributed by atoms with van der Waals surface area (Å²) in [5.41, 5.74) is 0.851. The third-order valence-electron chi connectivity index (χ3n) is 3.29. The number of esters is 1. The highest BCUT2D eigenvalue weighted by Crippen LogP contribution is 2.24. The zero-order valence-electron chi connectivity index (χ0n) is 11.9. The molecule has 0 amide bonds. The van der Waals surface area contributed by atoms with Gasteiger partial charge in [0.25, 0.3) is 0 Å². The molecule has 0 fully saturated rings. The lowest BCUT2D eigenvalue weighted by molar-refractivity contribution is -0.142. The van der Waals surface area contributed by atoms with Crippen LogP contribution in [-0.4, -0.2) is 18.9 Å². The first-order valence-corrected chi connectivity index (χ1v) is 7.01. The number of ether oxygens (including phenoxy) is 1. The summed E-state index contributed by atoms with van der Waals surface area (Å²) in [6, 6.07) is 12.0. The number of benzene rings is 2. The van der Waals surface area contributed by atoms with Crippen LogP contribution >= 0.6 is 11.6 Å². The third kappa shape index (κ3) is 3.92. The maximum absolute atomic E-state index is 13.3. The van der Waals surface area contributed by atoms with E-state index in [0.29, 0.717) is 16.1 Å². The molecule has 0 spiro atoms. The summed E-state index contributed by atoms with van der Waals surface area (Å²) >= 11 is 5.78. The van der Waals surface area contributed by atoms with E-state index in [1.807, 2.05) is 0 Å². The molecule has 0 saturated carbocycles. The van der Waals surface area contributed by atoms with E-state index in [1.165, 1.54) is 25.3 Å². The minimum Gasteiger partial charge on any atom is -0.469 e. The summed E-state index contributed by atoms with van der Waals surface area (Å²) in [6.07, 6.45) is -0.0994. The van der Waals surface area contributed by atoms with Gasteiger partial charge in [-0.05, 0) is 42.0 Å². The van der Waals surface area contributed by atoms with E-state index in [-0.39, 0.29) is 12.2 Å². The lowest BCUT2D eigenvalue weighted by atomic mass is 9.91. The molecule has 0 aliphatic carbocycles. The number of hydrogen-bond acceptors (Lipinski definition) is 3. The van der Waals surface area contributed by atoms with Gasteiger partial charge >= 0.3 is 5.97 Å². The fourth-order valence-electron chi connectivity index (χ4n) is 2.14. The van der Waals surface area contributed by atoms with Crippen LogP contribution in [0.3, 0.4) is 0 Å². The van der Waals surface area contributed by atoms with Crippen molar-refractivity contribution in [1.29, 1.82) is 0 Å². The Morgan fingerprint density at radius 3 is 2.45 bits per heavy atom. The Morgan fingerprint density at radius 1 is 1.18 bits per heavy atom. The molecule has 1 atom stereocenters. The van der Waals surface area contributed by atoms with Crippen molar-refractivity contribution in [3.63, 3.8) is 0 Å². The molecule has 0 aliphatic rings. The fraction of sp³-hybridized carbons (Fsp3) is 0.176. The minimum absolute atomic E-state index is 0.0994. The van der Waals surface area contributed by atoms with Crippen LogP contribution in [0.5, 0.6) is 0 Å². The molecule has 22 heavy (non-hydrogen) atoms. The lowest BCUT2D eigenvalue weighted by Gasteiger charge is -2.14. The van der Waals surface area contributed by atoms with Crippen molar-refractivity contribution in [3.05, 3.63) is 70.5 Å². The molecule has 2 aromatic rings. The predicted molar refractivity (Wildman–Crippen MR) is 81.6 cm³/mol. The molecule has 0 aromatic heterocycles. The van der Waals surface area contributed by atoms with Crippen molar-refractivity contribution in [2.24, 2.45) is 0 Å². The number of rotatable bonds is 5. The number of ketones is 1. The maximum atomic E-state index is 13.3. The zero-order chi connectivity index (χ0) is 16.1. The van der Waals surface area contributed by atoms with Crippen molar-refractivity contribution in [2.45, 2.75) is 12.3 Å². The maximum Gasteiger partial charge on any atom is 0.313 e. The van der Waals surface area contributed by atoms with Crippen LogP contribution in [0.1, 0.15) is 28.3 Å². The monoisotopic (exact) mass is 320 g/mol. The summed E-state index contributed by atoms with van der Waals surface area (Å²) in [5.74, 6) is -2.13. The Bertz CT molecular complexity index is 683. The highest BCUT2D eigenvalue weighted by molar-refractivity contribution is 6.30. The Balaban J connectivity index is 2.25. The number of carbonyl (C=O) groups excluding carboxylic acids is 2. The molecule has 0 radical (unpaired) electrons. The molecule has 0 bridgehead atoms. The standard InChI is InChI=1S/C17H14ClFO3/c1-22-17(21)15(12-3-2-4-14(19)9-12)10-16(20)11-5-7-13(18)8-6-11/h2-9,15H,10H2,1H3/t15-/m1/s1. The Morgan fingerprint density at radius 2 is 1.86 bits per heavy atom. The van der Waals surface area contributed by atoms with Crippen molar-refractivity contribution in [1.82, 2.24) is 0 Å². The van der Waals surface area contributed by atoms with Crippen LogP contribution < -0.4 is 0 Å². The molecule has 0 N–H and O–H groups in total. The van der Waals surface area contributed by atoms with Gasteiger partial charge in [0, 0.05) is 17.0 Å². The van der Waals surface area contributed by atoms with E-state index >= 15 is 0 Å². The quantitative estimate of drug-likeness (QED) is 0.617. The normalized spacial score (nSPS) is 11.8. The summed E-state index contributed by atoms with van der Waals surface area (Å²) < 4.78 is 18.1. The largest absolute Gasteiger partial charge is 0.469 e. The number of methoxy groups -OCH3 is 1. The lowest BCUT2D eigenvalue weighted by Crippen LogP contribution is -2.18. The highest BCUT2D eigenvalue weighted by atomic mass is 35.5. The highest BCUT2D eigenvalue weighted by Gasteiger charge is 2.25. The second kappa shape index (κ2) is 7.18. The average Bonchev–Trinajstić information content (AvgIpc) is 2.52. The zero-order valence-corrected chi connectivity index (χ0v) is 12.6.